The summed E-state index contributed by atoms with van der Waals surface area (Å²) in [4.78, 5) is 9.92. The van der Waals surface area contributed by atoms with E-state index >= 15 is 0 Å². The van der Waals surface area contributed by atoms with Crippen LogP contribution in [0.4, 0.5) is 4.39 Å². The fraction of sp³-hybridized carbons (Fsp3) is 0.429. The Morgan fingerprint density at radius 1 is 1.73 bits per heavy atom. The van der Waals surface area contributed by atoms with Crippen molar-refractivity contribution in [2.24, 2.45) is 0 Å². The summed E-state index contributed by atoms with van der Waals surface area (Å²) < 4.78 is 16.6. The van der Waals surface area contributed by atoms with Crippen molar-refractivity contribution in [2.45, 2.75) is 19.5 Å². The van der Waals surface area contributed by atoms with Gasteiger partial charge in [-0.25, -0.2) is 4.39 Å². The standard InChI is InChI=1S/C7H8FNO2/c8-5-6-4-7(11-9-6)2-1-3-10/h3-4H,1-2,5H2. The van der Waals surface area contributed by atoms with Crippen LogP contribution < -0.4 is 0 Å². The van der Waals surface area contributed by atoms with Crippen LogP contribution in [0.25, 0.3) is 0 Å². The summed E-state index contributed by atoms with van der Waals surface area (Å²) in [6.45, 7) is -0.620. The number of aryl methyl sites for hydroxylation is 1. The molecule has 1 rings (SSSR count). The highest BCUT2D eigenvalue weighted by Crippen LogP contribution is 2.06. The van der Waals surface area contributed by atoms with Gasteiger partial charge in [0.05, 0.1) is 0 Å². The van der Waals surface area contributed by atoms with E-state index in [4.69, 9.17) is 4.52 Å². The summed E-state index contributed by atoms with van der Waals surface area (Å²) in [6, 6.07) is 1.52. The van der Waals surface area contributed by atoms with E-state index < -0.39 is 6.67 Å². The molecule has 0 saturated heterocycles. The molecule has 1 aromatic rings. The van der Waals surface area contributed by atoms with Crippen molar-refractivity contribution in [1.29, 1.82) is 0 Å². The lowest BCUT2D eigenvalue weighted by atomic mass is 10.2. The number of aldehydes is 1. The van der Waals surface area contributed by atoms with Crippen molar-refractivity contribution in [2.75, 3.05) is 0 Å². The van der Waals surface area contributed by atoms with E-state index in [1.54, 1.807) is 0 Å². The first-order chi connectivity index (χ1) is 5.36. The number of carbonyl (C=O) groups is 1. The maximum absolute atomic E-state index is 11.9. The van der Waals surface area contributed by atoms with E-state index in [2.05, 4.69) is 5.16 Å². The Hall–Kier alpha value is -1.19. The average Bonchev–Trinajstić information content (AvgIpc) is 2.48. The molecule has 3 nitrogen and oxygen atoms in total. The summed E-state index contributed by atoms with van der Waals surface area (Å²) in [5.41, 5.74) is 0.283. The van der Waals surface area contributed by atoms with Crippen LogP contribution in [0.3, 0.4) is 0 Å². The van der Waals surface area contributed by atoms with Gasteiger partial charge < -0.3 is 9.32 Å². The minimum Gasteiger partial charge on any atom is -0.361 e. The van der Waals surface area contributed by atoms with Crippen LogP contribution in [0.15, 0.2) is 10.6 Å². The molecule has 0 aliphatic carbocycles. The lowest BCUT2D eigenvalue weighted by molar-refractivity contribution is -0.107. The van der Waals surface area contributed by atoms with Gasteiger partial charge in [0.1, 0.15) is 24.4 Å². The number of alkyl halides is 1. The summed E-state index contributed by atoms with van der Waals surface area (Å²) in [5.74, 6) is 0.560. The van der Waals surface area contributed by atoms with Gasteiger partial charge in [0.25, 0.3) is 0 Å². The van der Waals surface area contributed by atoms with Crippen molar-refractivity contribution in [1.82, 2.24) is 5.16 Å². The third-order valence-electron chi connectivity index (χ3n) is 1.25. The number of nitrogens with zero attached hydrogens (tertiary/aromatic N) is 1. The summed E-state index contributed by atoms with van der Waals surface area (Å²) in [7, 11) is 0. The molecule has 0 bridgehead atoms. The van der Waals surface area contributed by atoms with Crippen LogP contribution in [0, 0.1) is 0 Å². The molecule has 0 aliphatic rings. The second kappa shape index (κ2) is 3.85. The largest absolute Gasteiger partial charge is 0.361 e. The van der Waals surface area contributed by atoms with Crippen LogP contribution >= 0.6 is 0 Å². The number of hydrogen-bond acceptors (Lipinski definition) is 3. The molecule has 60 valence electrons. The van der Waals surface area contributed by atoms with Crippen LogP contribution in [0.2, 0.25) is 0 Å². The zero-order chi connectivity index (χ0) is 8.10. The van der Waals surface area contributed by atoms with Crippen molar-refractivity contribution in [3.05, 3.63) is 17.5 Å². The topological polar surface area (TPSA) is 43.1 Å². The Balaban J connectivity index is 2.50. The van der Waals surface area contributed by atoms with Gasteiger partial charge in [-0.05, 0) is 0 Å². The minimum atomic E-state index is -0.620. The summed E-state index contributed by atoms with van der Waals surface area (Å²) in [5, 5.41) is 3.42. The average molecular weight is 157 g/mol. The first-order valence-electron chi connectivity index (χ1n) is 3.31. The van der Waals surface area contributed by atoms with Crippen molar-refractivity contribution in [3.63, 3.8) is 0 Å². The van der Waals surface area contributed by atoms with Crippen LogP contribution in [-0.4, -0.2) is 11.4 Å². The number of halogens is 1. The first-order valence-corrected chi connectivity index (χ1v) is 3.31. The summed E-state index contributed by atoms with van der Waals surface area (Å²) in [6.07, 6.45) is 1.68. The van der Waals surface area contributed by atoms with Gasteiger partial charge in [0.15, 0.2) is 0 Å². The Kier molecular flexibility index (Phi) is 2.77. The molecular weight excluding hydrogens is 149 g/mol. The van der Waals surface area contributed by atoms with E-state index in [1.165, 1.54) is 6.07 Å². The van der Waals surface area contributed by atoms with Gasteiger partial charge in [0.2, 0.25) is 0 Å². The highest BCUT2D eigenvalue weighted by atomic mass is 19.1. The predicted octanol–water partition coefficient (Wildman–Crippen LogP) is 1.28. The fourth-order valence-corrected chi connectivity index (χ4v) is 0.738. The smallest absolute Gasteiger partial charge is 0.137 e. The number of aromatic nitrogens is 1. The number of rotatable bonds is 4. The van der Waals surface area contributed by atoms with E-state index in [0.717, 1.165) is 6.29 Å². The Labute approximate surface area is 63.2 Å². The zero-order valence-corrected chi connectivity index (χ0v) is 5.92. The SMILES string of the molecule is O=CCCc1cc(CF)no1. The quantitative estimate of drug-likeness (QED) is 0.618. The number of hydrogen-bond donors (Lipinski definition) is 0. The highest BCUT2D eigenvalue weighted by Gasteiger charge is 2.01. The molecule has 4 heteroatoms. The van der Waals surface area contributed by atoms with Gasteiger partial charge in [0, 0.05) is 18.9 Å². The van der Waals surface area contributed by atoms with Gasteiger partial charge >= 0.3 is 0 Å². The van der Waals surface area contributed by atoms with Crippen molar-refractivity contribution in [3.8, 4) is 0 Å². The molecule has 1 aromatic heterocycles. The molecule has 0 spiro atoms. The Morgan fingerprint density at radius 2 is 2.55 bits per heavy atom. The lowest BCUT2D eigenvalue weighted by Crippen LogP contribution is -1.81. The Bertz CT molecular complexity index is 234. The summed E-state index contributed by atoms with van der Waals surface area (Å²) >= 11 is 0. The molecule has 0 unspecified atom stereocenters. The molecule has 0 radical (unpaired) electrons. The maximum Gasteiger partial charge on any atom is 0.137 e. The van der Waals surface area contributed by atoms with Gasteiger partial charge in [-0.1, -0.05) is 5.16 Å². The van der Waals surface area contributed by atoms with E-state index in [-0.39, 0.29) is 5.69 Å². The molecule has 0 atom stereocenters. The fourth-order valence-electron chi connectivity index (χ4n) is 0.738. The third-order valence-corrected chi connectivity index (χ3v) is 1.25. The molecule has 0 N–H and O–H groups in total. The van der Waals surface area contributed by atoms with Gasteiger partial charge in [-0.15, -0.1) is 0 Å². The maximum atomic E-state index is 11.9. The van der Waals surface area contributed by atoms with Crippen molar-refractivity contribution >= 4 is 6.29 Å². The van der Waals surface area contributed by atoms with Gasteiger partial charge in [-0.3, -0.25) is 0 Å². The molecule has 11 heavy (non-hydrogen) atoms. The van der Waals surface area contributed by atoms with Crippen LogP contribution in [0.5, 0.6) is 0 Å². The first kappa shape index (κ1) is 7.91. The van der Waals surface area contributed by atoms with E-state index in [9.17, 15) is 9.18 Å². The lowest BCUT2D eigenvalue weighted by Gasteiger charge is -1.83. The molecule has 0 saturated carbocycles. The van der Waals surface area contributed by atoms with Gasteiger partial charge in [-0.2, -0.15) is 0 Å². The minimum absolute atomic E-state index is 0.283. The molecule has 0 aromatic carbocycles. The highest BCUT2D eigenvalue weighted by molar-refractivity contribution is 5.49. The second-order valence-corrected chi connectivity index (χ2v) is 2.12. The van der Waals surface area contributed by atoms with Crippen molar-refractivity contribution < 1.29 is 13.7 Å². The zero-order valence-electron chi connectivity index (χ0n) is 5.92. The molecule has 0 aliphatic heterocycles. The molecule has 0 amide bonds. The predicted molar refractivity (Wildman–Crippen MR) is 35.7 cm³/mol. The molecule has 1 heterocycles. The number of carbonyl (C=O) groups excluding carboxylic acids is 1. The van der Waals surface area contributed by atoms with E-state index in [1.807, 2.05) is 0 Å². The van der Waals surface area contributed by atoms with Crippen LogP contribution in [-0.2, 0) is 17.9 Å². The second-order valence-electron chi connectivity index (χ2n) is 2.12. The van der Waals surface area contributed by atoms with Crippen LogP contribution in [0.1, 0.15) is 17.9 Å². The van der Waals surface area contributed by atoms with E-state index in [0.29, 0.717) is 18.6 Å². The monoisotopic (exact) mass is 157 g/mol. The normalized spacial score (nSPS) is 9.91. The third kappa shape index (κ3) is 2.14. The molecule has 0 fully saturated rings. The Morgan fingerprint density at radius 3 is 3.09 bits per heavy atom. The molecular formula is C7H8FNO2.